The Bertz CT molecular complexity index is 1940. The van der Waals surface area contributed by atoms with Crippen molar-refractivity contribution < 1.29 is 29.3 Å². The number of hydrogen-bond acceptors (Lipinski definition) is 7. The topological polar surface area (TPSA) is 107 Å². The summed E-state index contributed by atoms with van der Waals surface area (Å²) in [5.41, 5.74) is 2.99. The molecule has 7 nitrogen and oxygen atoms in total. The van der Waals surface area contributed by atoms with Gasteiger partial charge in [0, 0.05) is 20.8 Å². The number of aromatic hydroxyl groups is 1. The number of nitrogens with zero attached hydrogens (tertiary/aromatic N) is 1. The minimum Gasteiger partial charge on any atom is -0.507 e. The van der Waals surface area contributed by atoms with Crippen molar-refractivity contribution in [2.75, 3.05) is 13.2 Å². The van der Waals surface area contributed by atoms with Crippen LogP contribution in [-0.4, -0.2) is 59.7 Å². The predicted molar refractivity (Wildman–Crippen MR) is 217 cm³/mol. The maximum Gasteiger partial charge on any atom is 0.261 e. The largest absolute Gasteiger partial charge is 0.507 e. The van der Waals surface area contributed by atoms with Gasteiger partial charge in [-0.2, -0.15) is 0 Å². The van der Waals surface area contributed by atoms with E-state index in [2.05, 4.69) is 61.0 Å². The van der Waals surface area contributed by atoms with Crippen molar-refractivity contribution in [3.63, 3.8) is 0 Å². The summed E-state index contributed by atoms with van der Waals surface area (Å²) in [6.07, 6.45) is 1.99. The average molecular weight is 815 g/mol. The first-order valence-electron chi connectivity index (χ1n) is 18.1. The number of imide groups is 1. The smallest absolute Gasteiger partial charge is 0.261 e. The van der Waals surface area contributed by atoms with Gasteiger partial charge in [0.25, 0.3) is 8.32 Å². The summed E-state index contributed by atoms with van der Waals surface area (Å²) in [4.78, 5) is 30.4. The van der Waals surface area contributed by atoms with Gasteiger partial charge in [0.15, 0.2) is 0 Å². The highest BCUT2D eigenvalue weighted by Gasteiger charge is 2.56. The number of halogens is 1. The van der Waals surface area contributed by atoms with Gasteiger partial charge in [0.2, 0.25) is 11.8 Å². The van der Waals surface area contributed by atoms with E-state index in [9.17, 15) is 24.9 Å². The van der Waals surface area contributed by atoms with Crippen LogP contribution in [0.3, 0.4) is 0 Å². The molecule has 2 heterocycles. The summed E-state index contributed by atoms with van der Waals surface area (Å²) in [6, 6.07) is 29.7. The molecule has 1 aliphatic heterocycles. The molecule has 2 amide bonds. The summed E-state index contributed by atoms with van der Waals surface area (Å²) in [7, 11) is -3.02. The lowest BCUT2D eigenvalue weighted by atomic mass is 9.68. The quantitative estimate of drug-likeness (QED) is 0.0736. The Morgan fingerprint density at radius 1 is 1.00 bits per heavy atom. The Balaban J connectivity index is 1.40. The van der Waals surface area contributed by atoms with Gasteiger partial charge < -0.3 is 19.7 Å². The van der Waals surface area contributed by atoms with Crippen LogP contribution in [0.15, 0.2) is 118 Å². The van der Waals surface area contributed by atoms with Gasteiger partial charge in [-0.05, 0) is 82.4 Å². The normalized spacial score (nSPS) is 20.2. The maximum atomic E-state index is 14.1. The van der Waals surface area contributed by atoms with Crippen molar-refractivity contribution in [2.45, 2.75) is 64.6 Å². The average Bonchev–Trinajstić information content (AvgIpc) is 3.74. The van der Waals surface area contributed by atoms with Crippen LogP contribution in [0.25, 0.3) is 6.08 Å². The summed E-state index contributed by atoms with van der Waals surface area (Å²) in [5, 5.41) is 37.5. The number of thiophene rings is 1. The van der Waals surface area contributed by atoms with Gasteiger partial charge in [0.1, 0.15) is 5.75 Å². The van der Waals surface area contributed by atoms with Gasteiger partial charge in [-0.1, -0.05) is 115 Å². The summed E-state index contributed by atoms with van der Waals surface area (Å²) >= 11 is 4.97. The van der Waals surface area contributed by atoms with E-state index in [4.69, 9.17) is 4.43 Å². The summed E-state index contributed by atoms with van der Waals surface area (Å²) in [5.74, 6) is -2.56. The molecule has 10 heteroatoms. The zero-order valence-electron chi connectivity index (χ0n) is 30.7. The van der Waals surface area contributed by atoms with E-state index in [0.29, 0.717) is 24.0 Å². The second kappa shape index (κ2) is 16.4. The van der Waals surface area contributed by atoms with Crippen LogP contribution in [0.4, 0.5) is 0 Å². The maximum absolute atomic E-state index is 14.1. The lowest BCUT2D eigenvalue weighted by Gasteiger charge is -2.44. The number of aliphatic hydroxyl groups excluding tert-OH is 2. The first-order chi connectivity index (χ1) is 25.4. The van der Waals surface area contributed by atoms with Gasteiger partial charge in [-0.15, -0.1) is 11.3 Å². The van der Waals surface area contributed by atoms with Crippen LogP contribution in [-0.2, 0) is 20.6 Å². The molecule has 2 aliphatic rings. The van der Waals surface area contributed by atoms with Gasteiger partial charge in [-0.3, -0.25) is 14.5 Å². The van der Waals surface area contributed by atoms with Crippen LogP contribution < -0.4 is 10.4 Å². The van der Waals surface area contributed by atoms with Crippen LogP contribution >= 0.6 is 27.3 Å². The third-order valence-electron chi connectivity index (χ3n) is 10.8. The highest BCUT2D eigenvalue weighted by Crippen LogP contribution is 2.47. The van der Waals surface area contributed by atoms with Crippen molar-refractivity contribution in [3.05, 3.63) is 128 Å². The predicted octanol–water partition coefficient (Wildman–Crippen LogP) is 7.45. The molecular formula is C43H48BrNO6SSi. The number of rotatable bonds is 13. The van der Waals surface area contributed by atoms with Crippen LogP contribution in [0.1, 0.15) is 57.4 Å². The summed E-state index contributed by atoms with van der Waals surface area (Å²) < 4.78 is 8.21. The number of phenols is 1. The Morgan fingerprint density at radius 3 is 2.25 bits per heavy atom. The molecule has 278 valence electrons. The number of aliphatic hydroxyl groups is 2. The molecule has 4 aromatic rings. The zero-order valence-corrected chi connectivity index (χ0v) is 34.1. The standard InChI is InChI=1S/C43H48BrNO6SSi/c1-28(22-29-23-31(44)18-20-37(29)47)17-19-38(48)39-30(24-35-40(36(39)26-46)42(50)45(41(35)49)25-32-12-11-21-52-32)27-51-53(43(2,3)4,33-13-7-5-8-14-33)34-15-9-6-10-16-34/h5-16,18,20-23,35-36,38,40,46-48H,17,19,24-27H2,1-4H3/b28-22+/t35-,36+,38-,40-/m1/s1. The molecule has 53 heavy (non-hydrogen) atoms. The lowest BCUT2D eigenvalue weighted by Crippen LogP contribution is -2.66. The molecule has 0 spiro atoms. The third-order valence-corrected chi connectivity index (χ3v) is 17.1. The van der Waals surface area contributed by atoms with E-state index in [0.717, 1.165) is 30.9 Å². The van der Waals surface area contributed by atoms with Crippen molar-refractivity contribution in [2.24, 2.45) is 17.8 Å². The van der Waals surface area contributed by atoms with Gasteiger partial charge in [-0.25, -0.2) is 0 Å². The fraction of sp³-hybridized carbons (Fsp3) is 0.349. The highest BCUT2D eigenvalue weighted by atomic mass is 79.9. The number of carbonyl (C=O) groups is 2. The molecule has 0 radical (unpaired) electrons. The Hall–Kier alpha value is -3.64. The second-order valence-corrected chi connectivity index (χ2v) is 21.5. The first kappa shape index (κ1) is 39.1. The number of hydrogen-bond donors (Lipinski definition) is 3. The number of benzene rings is 3. The minimum atomic E-state index is -3.02. The number of fused-ring (bicyclic) bond motifs is 1. The summed E-state index contributed by atoms with van der Waals surface area (Å²) in [6.45, 7) is 8.52. The fourth-order valence-electron chi connectivity index (χ4n) is 8.33. The molecular weight excluding hydrogens is 767 g/mol. The van der Waals surface area contributed by atoms with E-state index >= 15 is 0 Å². The third kappa shape index (κ3) is 7.95. The van der Waals surface area contributed by atoms with E-state index in [1.165, 1.54) is 16.2 Å². The lowest BCUT2D eigenvalue weighted by molar-refractivity contribution is -0.140. The molecule has 6 rings (SSSR count). The Morgan fingerprint density at radius 2 is 1.66 bits per heavy atom. The number of carbonyl (C=O) groups excluding carboxylic acids is 2. The molecule has 1 aromatic heterocycles. The number of likely N-dealkylation sites (tertiary alicyclic amines) is 1. The number of phenolic OH excluding ortho intramolecular Hbond substituents is 1. The van der Waals surface area contributed by atoms with E-state index in [-0.39, 0.29) is 48.8 Å². The highest BCUT2D eigenvalue weighted by molar-refractivity contribution is 9.10. The molecule has 1 saturated heterocycles. The molecule has 1 aliphatic carbocycles. The second-order valence-electron chi connectivity index (χ2n) is 15.2. The van der Waals surface area contributed by atoms with E-state index < -0.39 is 32.2 Å². The molecule has 3 N–H and O–H groups in total. The van der Waals surface area contributed by atoms with Crippen LogP contribution in [0.5, 0.6) is 5.75 Å². The number of amides is 2. The molecule has 0 bridgehead atoms. The zero-order chi connectivity index (χ0) is 37.9. The molecule has 0 unspecified atom stereocenters. The van der Waals surface area contributed by atoms with Gasteiger partial charge in [0.05, 0.1) is 37.7 Å². The van der Waals surface area contributed by atoms with Crippen molar-refractivity contribution >= 4 is 63.8 Å². The van der Waals surface area contributed by atoms with E-state index in [1.807, 2.05) is 73.0 Å². The van der Waals surface area contributed by atoms with Crippen molar-refractivity contribution in [1.29, 1.82) is 0 Å². The van der Waals surface area contributed by atoms with Crippen molar-refractivity contribution in [3.8, 4) is 5.75 Å². The minimum absolute atomic E-state index is 0.145. The Labute approximate surface area is 325 Å². The molecule has 1 fully saturated rings. The van der Waals surface area contributed by atoms with Crippen molar-refractivity contribution in [1.82, 2.24) is 4.90 Å². The first-order valence-corrected chi connectivity index (χ1v) is 21.7. The monoisotopic (exact) mass is 813 g/mol. The van der Waals surface area contributed by atoms with Gasteiger partial charge >= 0.3 is 0 Å². The Kier molecular flexibility index (Phi) is 12.1. The number of allylic oxidation sites excluding steroid dienone is 1. The van der Waals surface area contributed by atoms with Crippen LogP contribution in [0.2, 0.25) is 5.04 Å². The van der Waals surface area contributed by atoms with Crippen LogP contribution in [0, 0.1) is 17.8 Å². The molecule has 4 atom stereocenters. The fourth-order valence-corrected chi connectivity index (χ4v) is 13.9. The van der Waals surface area contributed by atoms with E-state index in [1.54, 1.807) is 12.1 Å². The molecule has 0 saturated carbocycles. The SMILES string of the molecule is C/C(=C\c1cc(Br)ccc1O)CC[C@@H](O)C1=C(CO[Si](c2ccccc2)(c2ccccc2)C(C)(C)C)C[C@H]2C(=O)N(Cc3cccs3)C(=O)[C@H]2[C@H]1CO. The molecule has 3 aromatic carbocycles.